The number of benzene rings is 2. The van der Waals surface area contributed by atoms with E-state index in [1.54, 1.807) is 42.6 Å². The van der Waals surface area contributed by atoms with Crippen LogP contribution < -0.4 is 21.3 Å². The van der Waals surface area contributed by atoms with E-state index in [0.29, 0.717) is 17.5 Å². The fraction of sp³-hybridized carbons (Fsp3) is 0.448. The quantitative estimate of drug-likeness (QED) is 0.250. The molecule has 0 spiro atoms. The van der Waals surface area contributed by atoms with Gasteiger partial charge in [0.25, 0.3) is 0 Å². The molecule has 2 N–H and O–H groups in total. The van der Waals surface area contributed by atoms with E-state index in [1.807, 2.05) is 32.0 Å². The van der Waals surface area contributed by atoms with Crippen molar-refractivity contribution < 1.29 is 22.8 Å². The van der Waals surface area contributed by atoms with Crippen LogP contribution in [-0.2, 0) is 18.3 Å². The normalized spacial score (nSPS) is 21.2. The van der Waals surface area contributed by atoms with Gasteiger partial charge in [0.05, 0.1) is 18.0 Å². The minimum atomic E-state index is -3.83. The molecule has 3 unspecified atom stereocenters. The average molecular weight is 586 g/mol. The van der Waals surface area contributed by atoms with Gasteiger partial charge in [0.15, 0.2) is 8.32 Å². The molecular formula is C29H40N3O6PSi. The van der Waals surface area contributed by atoms with Crippen molar-refractivity contribution in [2.45, 2.75) is 77.6 Å². The number of nitrogens with two attached hydrogens (primary N) is 1. The van der Waals surface area contributed by atoms with Crippen LogP contribution in [0.2, 0.25) is 18.1 Å². The summed E-state index contributed by atoms with van der Waals surface area (Å²) in [6.45, 7) is 14.6. The number of anilines is 1. The summed E-state index contributed by atoms with van der Waals surface area (Å²) in [6.07, 6.45) is 0.323. The smallest absolute Gasteiger partial charge is 0.410 e. The van der Waals surface area contributed by atoms with Gasteiger partial charge < -0.3 is 19.4 Å². The Bertz CT molecular complexity index is 1440. The van der Waals surface area contributed by atoms with Crippen LogP contribution in [0.3, 0.4) is 0 Å². The Hall–Kier alpha value is -2.75. The number of rotatable bonds is 9. The zero-order valence-electron chi connectivity index (χ0n) is 24.3. The Morgan fingerprint density at radius 1 is 1.12 bits per heavy atom. The third-order valence-corrected chi connectivity index (χ3v) is 14.0. The topological polar surface area (TPSA) is 115 Å². The summed E-state index contributed by atoms with van der Waals surface area (Å²) in [5.74, 6) is 0.622. The van der Waals surface area contributed by atoms with Gasteiger partial charge in [-0.05, 0) is 61.8 Å². The molecule has 0 bridgehead atoms. The summed E-state index contributed by atoms with van der Waals surface area (Å²) in [5.41, 5.74) is 7.11. The summed E-state index contributed by atoms with van der Waals surface area (Å²) in [6, 6.07) is 16.1. The van der Waals surface area contributed by atoms with Crippen LogP contribution >= 0.6 is 7.60 Å². The Morgan fingerprint density at radius 3 is 2.45 bits per heavy atom. The molecule has 216 valence electrons. The predicted molar refractivity (Wildman–Crippen MR) is 160 cm³/mol. The van der Waals surface area contributed by atoms with Gasteiger partial charge in [-0.25, -0.2) is 9.36 Å². The van der Waals surface area contributed by atoms with Gasteiger partial charge in [-0.1, -0.05) is 56.7 Å². The van der Waals surface area contributed by atoms with E-state index in [2.05, 4.69) is 38.8 Å². The van der Waals surface area contributed by atoms with Gasteiger partial charge in [0.2, 0.25) is 0 Å². The Labute approximate surface area is 237 Å². The number of hydrogen-bond donors (Lipinski definition) is 1. The molecular weight excluding hydrogens is 545 g/mol. The second-order valence-corrected chi connectivity index (χ2v) is 18.5. The van der Waals surface area contributed by atoms with Crippen molar-refractivity contribution in [1.29, 1.82) is 0 Å². The largest absolute Gasteiger partial charge is 0.421 e. The van der Waals surface area contributed by atoms with Gasteiger partial charge in [-0.2, -0.15) is 4.98 Å². The van der Waals surface area contributed by atoms with Gasteiger partial charge in [-0.15, -0.1) is 0 Å². The first-order valence-corrected chi connectivity index (χ1v) is 17.9. The van der Waals surface area contributed by atoms with E-state index in [9.17, 15) is 9.36 Å². The summed E-state index contributed by atoms with van der Waals surface area (Å²) >= 11 is 0. The number of aryl methyl sites for hydroxylation is 2. The van der Waals surface area contributed by atoms with Crippen LogP contribution in [-0.4, -0.2) is 36.7 Å². The maximum Gasteiger partial charge on any atom is 0.410 e. The standard InChI is InChI=1S/C29H40N3O6PSi/c1-20-13-14-23(21(2)17-20)37-39(34,22-11-9-8-10-12-22)35-19-25-24(38-40(6,7)29(3,4)5)18-27(36-25)32-16-15-26(30)31-28(32)33/h8-17,24-25,27H,18-19H2,1-7H3,(H2,30,31,33)/t24?,25?,27?,39-/m0/s1. The molecule has 2 heterocycles. The van der Waals surface area contributed by atoms with Crippen molar-refractivity contribution >= 4 is 27.0 Å². The molecule has 11 heteroatoms. The first-order valence-electron chi connectivity index (χ1n) is 13.4. The lowest BCUT2D eigenvalue weighted by Crippen LogP contribution is -2.46. The van der Waals surface area contributed by atoms with Crippen LogP contribution in [0, 0.1) is 13.8 Å². The van der Waals surface area contributed by atoms with Crippen molar-refractivity contribution in [3.05, 3.63) is 82.4 Å². The fourth-order valence-corrected chi connectivity index (χ4v) is 7.32. The van der Waals surface area contributed by atoms with Crippen LogP contribution in [0.4, 0.5) is 5.82 Å². The monoisotopic (exact) mass is 585 g/mol. The Kier molecular flexibility index (Phi) is 8.78. The highest BCUT2D eigenvalue weighted by molar-refractivity contribution is 7.62. The molecule has 1 fully saturated rings. The summed E-state index contributed by atoms with van der Waals surface area (Å²) in [4.78, 5) is 16.5. The molecule has 4 rings (SSSR count). The molecule has 4 atom stereocenters. The maximum absolute atomic E-state index is 14.4. The Balaban J connectivity index is 1.64. The molecule has 40 heavy (non-hydrogen) atoms. The number of nitrogens with zero attached hydrogens (tertiary/aromatic N) is 2. The lowest BCUT2D eigenvalue weighted by atomic mass is 10.1. The molecule has 2 aromatic carbocycles. The van der Waals surface area contributed by atoms with Crippen LogP contribution in [0.15, 0.2) is 65.6 Å². The van der Waals surface area contributed by atoms with Gasteiger partial charge in [0, 0.05) is 12.6 Å². The molecule has 0 saturated carbocycles. The number of ether oxygens (including phenoxy) is 1. The highest BCUT2D eigenvalue weighted by Crippen LogP contribution is 2.49. The predicted octanol–water partition coefficient (Wildman–Crippen LogP) is 5.73. The van der Waals surface area contributed by atoms with E-state index >= 15 is 0 Å². The van der Waals surface area contributed by atoms with Crippen molar-refractivity contribution in [2.24, 2.45) is 0 Å². The van der Waals surface area contributed by atoms with Crippen LogP contribution in [0.5, 0.6) is 5.75 Å². The molecule has 0 amide bonds. The van der Waals surface area contributed by atoms with Gasteiger partial charge >= 0.3 is 13.3 Å². The Morgan fingerprint density at radius 2 is 1.82 bits per heavy atom. The fourth-order valence-electron chi connectivity index (χ4n) is 4.31. The lowest BCUT2D eigenvalue weighted by Gasteiger charge is -2.39. The van der Waals surface area contributed by atoms with E-state index in [-0.39, 0.29) is 17.5 Å². The van der Waals surface area contributed by atoms with Crippen molar-refractivity contribution in [3.63, 3.8) is 0 Å². The van der Waals surface area contributed by atoms with E-state index in [0.717, 1.165) is 11.1 Å². The second-order valence-electron chi connectivity index (χ2n) is 11.8. The third kappa shape index (κ3) is 6.75. The summed E-state index contributed by atoms with van der Waals surface area (Å²) < 4.78 is 41.2. The number of hydrogen-bond acceptors (Lipinski definition) is 8. The van der Waals surface area contributed by atoms with Gasteiger partial charge in [0.1, 0.15) is 23.9 Å². The molecule has 1 aliphatic heterocycles. The molecule has 0 radical (unpaired) electrons. The minimum Gasteiger partial charge on any atom is -0.421 e. The summed E-state index contributed by atoms with van der Waals surface area (Å²) in [5, 5.41) is 0.381. The molecule has 9 nitrogen and oxygen atoms in total. The molecule has 1 aromatic heterocycles. The van der Waals surface area contributed by atoms with E-state index in [1.165, 1.54) is 4.57 Å². The molecule has 1 saturated heterocycles. The van der Waals surface area contributed by atoms with Crippen molar-refractivity contribution in [3.8, 4) is 5.75 Å². The molecule has 0 aliphatic carbocycles. The summed E-state index contributed by atoms with van der Waals surface area (Å²) in [7, 11) is -6.06. The zero-order chi connectivity index (χ0) is 29.3. The van der Waals surface area contributed by atoms with Crippen molar-refractivity contribution in [2.75, 3.05) is 12.3 Å². The highest BCUT2D eigenvalue weighted by Gasteiger charge is 2.46. The molecule has 3 aromatic rings. The lowest BCUT2D eigenvalue weighted by molar-refractivity contribution is -0.0396. The van der Waals surface area contributed by atoms with E-state index in [4.69, 9.17) is 23.9 Å². The van der Waals surface area contributed by atoms with Crippen LogP contribution in [0.25, 0.3) is 0 Å². The number of aromatic nitrogens is 2. The average Bonchev–Trinajstić information content (AvgIpc) is 3.26. The van der Waals surface area contributed by atoms with Gasteiger partial charge in [-0.3, -0.25) is 9.09 Å². The maximum atomic E-state index is 14.4. The zero-order valence-corrected chi connectivity index (χ0v) is 26.2. The second kappa shape index (κ2) is 11.6. The highest BCUT2D eigenvalue weighted by atomic mass is 31.2. The first kappa shape index (κ1) is 30.2. The first-order chi connectivity index (χ1) is 18.7. The number of nitrogen functional groups attached to an aromatic ring is 1. The van der Waals surface area contributed by atoms with Crippen molar-refractivity contribution in [1.82, 2.24) is 9.55 Å². The van der Waals surface area contributed by atoms with E-state index < -0.39 is 40.0 Å². The molecule has 1 aliphatic rings. The third-order valence-electron chi connectivity index (χ3n) is 7.62. The van der Waals surface area contributed by atoms with Crippen LogP contribution in [0.1, 0.15) is 44.5 Å². The SMILES string of the molecule is Cc1ccc(O[P@@](=O)(OCC2OC(n3ccc(N)nc3=O)CC2O[Si](C)(C)C(C)(C)C)c2ccccc2)c(C)c1. The minimum absolute atomic E-state index is 0.0541.